The minimum Gasteiger partial charge on any atom is -0.354 e. The van der Waals surface area contributed by atoms with Gasteiger partial charge in [-0.05, 0) is 43.7 Å². The standard InChI is InChI=1S/C23H28Cl3N3O4S/c1-4-5-12-27-23(31)16(2)28(14-19-20(25)10-7-11-21(19)26)22(30)15-29(34(3,32)33)18-9-6-8-17(24)13-18/h6-11,13,16H,4-5,12,14-15H2,1-3H3,(H,27,31)/t16-/m1/s1. The van der Waals surface area contributed by atoms with Crippen LogP contribution in [0.3, 0.4) is 0 Å². The van der Waals surface area contributed by atoms with Crippen molar-refractivity contribution in [3.05, 3.63) is 63.1 Å². The first-order valence-corrected chi connectivity index (χ1v) is 13.7. The molecule has 1 atom stereocenters. The third kappa shape index (κ3) is 7.77. The first-order chi connectivity index (χ1) is 16.0. The zero-order valence-corrected chi connectivity index (χ0v) is 22.3. The molecular formula is C23H28Cl3N3O4S. The molecule has 11 heteroatoms. The Morgan fingerprint density at radius 3 is 2.24 bits per heavy atom. The Morgan fingerprint density at radius 1 is 1.06 bits per heavy atom. The number of halogens is 3. The Balaban J connectivity index is 2.41. The zero-order chi connectivity index (χ0) is 25.5. The van der Waals surface area contributed by atoms with Crippen LogP contribution in [0, 0.1) is 0 Å². The second-order valence-electron chi connectivity index (χ2n) is 7.79. The molecular weight excluding hydrogens is 521 g/mol. The van der Waals surface area contributed by atoms with Crippen molar-refractivity contribution < 1.29 is 18.0 Å². The van der Waals surface area contributed by atoms with Crippen LogP contribution >= 0.6 is 34.8 Å². The monoisotopic (exact) mass is 547 g/mol. The maximum atomic E-state index is 13.5. The number of unbranched alkanes of at least 4 members (excludes halogenated alkanes) is 1. The third-order valence-electron chi connectivity index (χ3n) is 5.16. The summed E-state index contributed by atoms with van der Waals surface area (Å²) in [5, 5.41) is 3.79. The number of amides is 2. The molecule has 0 aliphatic carbocycles. The van der Waals surface area contributed by atoms with E-state index in [1.165, 1.54) is 17.0 Å². The third-order valence-corrected chi connectivity index (χ3v) is 7.25. The summed E-state index contributed by atoms with van der Waals surface area (Å²) in [6, 6.07) is 10.2. The average Bonchev–Trinajstić information content (AvgIpc) is 2.76. The van der Waals surface area contributed by atoms with Gasteiger partial charge in [0.05, 0.1) is 11.9 Å². The van der Waals surface area contributed by atoms with Crippen molar-refractivity contribution in [3.63, 3.8) is 0 Å². The van der Waals surface area contributed by atoms with E-state index in [4.69, 9.17) is 34.8 Å². The summed E-state index contributed by atoms with van der Waals surface area (Å²) in [6.45, 7) is 3.43. The lowest BCUT2D eigenvalue weighted by Crippen LogP contribution is -2.51. The van der Waals surface area contributed by atoms with E-state index >= 15 is 0 Å². The molecule has 0 unspecified atom stereocenters. The van der Waals surface area contributed by atoms with Crippen molar-refractivity contribution >= 4 is 62.3 Å². The van der Waals surface area contributed by atoms with E-state index in [9.17, 15) is 18.0 Å². The first kappa shape index (κ1) is 28.2. The van der Waals surface area contributed by atoms with Crippen LogP contribution in [0.4, 0.5) is 5.69 Å². The molecule has 0 aliphatic rings. The van der Waals surface area contributed by atoms with Crippen molar-refractivity contribution in [3.8, 4) is 0 Å². The fraction of sp³-hybridized carbons (Fsp3) is 0.391. The van der Waals surface area contributed by atoms with Crippen molar-refractivity contribution in [2.24, 2.45) is 0 Å². The second kappa shape index (κ2) is 12.6. The lowest BCUT2D eigenvalue weighted by atomic mass is 10.1. The normalized spacial score (nSPS) is 12.2. The predicted molar refractivity (Wildman–Crippen MR) is 138 cm³/mol. The molecule has 1 N–H and O–H groups in total. The molecule has 2 aromatic carbocycles. The fourth-order valence-corrected chi connectivity index (χ4v) is 4.76. The topological polar surface area (TPSA) is 86.8 Å². The number of hydrogen-bond acceptors (Lipinski definition) is 4. The largest absolute Gasteiger partial charge is 0.354 e. The van der Waals surface area contributed by atoms with Gasteiger partial charge in [0.25, 0.3) is 0 Å². The fourth-order valence-electron chi connectivity index (χ4n) is 3.22. The van der Waals surface area contributed by atoms with Gasteiger partial charge in [-0.3, -0.25) is 13.9 Å². The van der Waals surface area contributed by atoms with Gasteiger partial charge in [-0.15, -0.1) is 0 Å². The average molecular weight is 549 g/mol. The van der Waals surface area contributed by atoms with Gasteiger partial charge in [0.15, 0.2) is 0 Å². The van der Waals surface area contributed by atoms with E-state index in [1.807, 2.05) is 6.92 Å². The molecule has 186 valence electrons. The zero-order valence-electron chi connectivity index (χ0n) is 19.2. The van der Waals surface area contributed by atoms with Crippen LogP contribution in [0.15, 0.2) is 42.5 Å². The van der Waals surface area contributed by atoms with Gasteiger partial charge < -0.3 is 10.2 Å². The van der Waals surface area contributed by atoms with Crippen LogP contribution < -0.4 is 9.62 Å². The number of carbonyl (C=O) groups excluding carboxylic acids is 2. The number of hydrogen-bond donors (Lipinski definition) is 1. The van der Waals surface area contributed by atoms with Gasteiger partial charge in [-0.2, -0.15) is 0 Å². The molecule has 0 aromatic heterocycles. The minimum absolute atomic E-state index is 0.0765. The Labute approximate surface area is 216 Å². The lowest BCUT2D eigenvalue weighted by molar-refractivity contribution is -0.139. The highest BCUT2D eigenvalue weighted by Crippen LogP contribution is 2.27. The highest BCUT2D eigenvalue weighted by molar-refractivity contribution is 7.92. The molecule has 7 nitrogen and oxygen atoms in total. The van der Waals surface area contributed by atoms with Crippen LogP contribution in [-0.2, 0) is 26.2 Å². The summed E-state index contributed by atoms with van der Waals surface area (Å²) in [4.78, 5) is 27.6. The van der Waals surface area contributed by atoms with Crippen LogP contribution in [0.5, 0.6) is 0 Å². The molecule has 0 saturated heterocycles. The van der Waals surface area contributed by atoms with Gasteiger partial charge in [0.1, 0.15) is 12.6 Å². The number of carbonyl (C=O) groups is 2. The molecule has 0 heterocycles. The van der Waals surface area contributed by atoms with Gasteiger partial charge in [0.2, 0.25) is 21.8 Å². The number of benzene rings is 2. The Bertz CT molecular complexity index is 1110. The van der Waals surface area contributed by atoms with E-state index in [0.29, 0.717) is 27.2 Å². The number of sulfonamides is 1. The predicted octanol–water partition coefficient (Wildman–Crippen LogP) is 4.75. The quantitative estimate of drug-likeness (QED) is 0.411. The van der Waals surface area contributed by atoms with Gasteiger partial charge in [0, 0.05) is 33.7 Å². The van der Waals surface area contributed by atoms with Crippen LogP contribution in [0.2, 0.25) is 15.1 Å². The highest BCUT2D eigenvalue weighted by Gasteiger charge is 2.30. The van der Waals surface area contributed by atoms with E-state index in [-0.39, 0.29) is 18.1 Å². The molecule has 2 amide bonds. The molecule has 0 bridgehead atoms. The number of nitrogens with zero attached hydrogens (tertiary/aromatic N) is 2. The minimum atomic E-state index is -3.84. The van der Waals surface area contributed by atoms with Crippen molar-refractivity contribution in [2.45, 2.75) is 39.3 Å². The maximum absolute atomic E-state index is 13.5. The Morgan fingerprint density at radius 2 is 1.68 bits per heavy atom. The first-order valence-electron chi connectivity index (χ1n) is 10.7. The molecule has 2 aromatic rings. The smallest absolute Gasteiger partial charge is 0.244 e. The highest BCUT2D eigenvalue weighted by atomic mass is 35.5. The Hall–Kier alpha value is -2.00. The van der Waals surface area contributed by atoms with Crippen LogP contribution in [0.1, 0.15) is 32.3 Å². The number of nitrogens with one attached hydrogen (secondary N) is 1. The molecule has 34 heavy (non-hydrogen) atoms. The van der Waals surface area contributed by atoms with Crippen molar-refractivity contribution in [2.75, 3.05) is 23.7 Å². The summed E-state index contributed by atoms with van der Waals surface area (Å²) in [7, 11) is -3.84. The Kier molecular flexibility index (Phi) is 10.5. The van der Waals surface area contributed by atoms with E-state index in [1.54, 1.807) is 37.3 Å². The molecule has 0 aliphatic heterocycles. The lowest BCUT2D eigenvalue weighted by Gasteiger charge is -2.32. The SMILES string of the molecule is CCCCNC(=O)[C@@H](C)N(Cc1c(Cl)cccc1Cl)C(=O)CN(c1cccc(Cl)c1)S(C)(=O)=O. The van der Waals surface area contributed by atoms with E-state index < -0.39 is 28.5 Å². The second-order valence-corrected chi connectivity index (χ2v) is 10.9. The van der Waals surface area contributed by atoms with Crippen LogP contribution in [-0.4, -0.2) is 50.5 Å². The summed E-state index contributed by atoms with van der Waals surface area (Å²) in [6.07, 6.45) is 2.69. The van der Waals surface area contributed by atoms with E-state index in [2.05, 4.69) is 5.32 Å². The maximum Gasteiger partial charge on any atom is 0.244 e. The molecule has 2 rings (SSSR count). The van der Waals surface area contributed by atoms with Gasteiger partial charge >= 0.3 is 0 Å². The summed E-state index contributed by atoms with van der Waals surface area (Å²) in [5.41, 5.74) is 0.695. The van der Waals surface area contributed by atoms with E-state index in [0.717, 1.165) is 23.4 Å². The summed E-state index contributed by atoms with van der Waals surface area (Å²) >= 11 is 18.7. The van der Waals surface area contributed by atoms with Gasteiger partial charge in [-0.1, -0.05) is 60.3 Å². The number of anilines is 1. The molecule has 0 saturated carbocycles. The van der Waals surface area contributed by atoms with Crippen molar-refractivity contribution in [1.29, 1.82) is 0 Å². The van der Waals surface area contributed by atoms with Crippen LogP contribution in [0.25, 0.3) is 0 Å². The number of rotatable bonds is 11. The van der Waals surface area contributed by atoms with Crippen molar-refractivity contribution in [1.82, 2.24) is 10.2 Å². The van der Waals surface area contributed by atoms with Gasteiger partial charge in [-0.25, -0.2) is 8.42 Å². The molecule has 0 spiro atoms. The summed E-state index contributed by atoms with van der Waals surface area (Å²) in [5.74, 6) is -0.960. The molecule has 0 radical (unpaired) electrons. The molecule has 0 fully saturated rings. The summed E-state index contributed by atoms with van der Waals surface area (Å²) < 4.78 is 26.0.